The van der Waals surface area contributed by atoms with E-state index in [4.69, 9.17) is 4.74 Å². The van der Waals surface area contributed by atoms with Gasteiger partial charge in [-0.15, -0.1) is 0 Å². The van der Waals surface area contributed by atoms with Crippen LogP contribution in [0, 0.1) is 5.41 Å². The van der Waals surface area contributed by atoms with E-state index in [0.29, 0.717) is 11.5 Å². The predicted octanol–water partition coefficient (Wildman–Crippen LogP) is 1.09. The Morgan fingerprint density at radius 1 is 1.50 bits per heavy atom. The van der Waals surface area contributed by atoms with Crippen molar-refractivity contribution < 1.29 is 9.84 Å². The minimum atomic E-state index is -0.0123. The van der Waals surface area contributed by atoms with Gasteiger partial charge in [-0.1, -0.05) is 20.3 Å². The van der Waals surface area contributed by atoms with Crippen LogP contribution in [0.15, 0.2) is 0 Å². The zero-order valence-electron chi connectivity index (χ0n) is 12.4. The molecule has 4 nitrogen and oxygen atoms in total. The van der Waals surface area contributed by atoms with E-state index in [1.165, 1.54) is 12.8 Å². The molecule has 0 bridgehead atoms. The monoisotopic (exact) mass is 258 g/mol. The summed E-state index contributed by atoms with van der Waals surface area (Å²) in [5.41, 5.74) is 0.301. The Bertz CT molecular complexity index is 230. The molecular formula is C14H30N2O2. The van der Waals surface area contributed by atoms with Gasteiger partial charge in [0.2, 0.25) is 0 Å². The average molecular weight is 258 g/mol. The van der Waals surface area contributed by atoms with Gasteiger partial charge < -0.3 is 15.2 Å². The van der Waals surface area contributed by atoms with Crippen LogP contribution in [0.3, 0.4) is 0 Å². The van der Waals surface area contributed by atoms with Crippen LogP contribution in [0.4, 0.5) is 0 Å². The van der Waals surface area contributed by atoms with Gasteiger partial charge in [0.05, 0.1) is 19.3 Å². The zero-order valence-corrected chi connectivity index (χ0v) is 12.4. The summed E-state index contributed by atoms with van der Waals surface area (Å²) in [4.78, 5) is 2.47. The van der Waals surface area contributed by atoms with Gasteiger partial charge in [0, 0.05) is 25.7 Å². The summed E-state index contributed by atoms with van der Waals surface area (Å²) in [6, 6.07) is 0.445. The van der Waals surface area contributed by atoms with Crippen molar-refractivity contribution in [2.45, 2.75) is 45.8 Å². The highest BCUT2D eigenvalue weighted by Gasteiger charge is 2.32. The Hall–Kier alpha value is -0.160. The van der Waals surface area contributed by atoms with Crippen LogP contribution >= 0.6 is 0 Å². The summed E-state index contributed by atoms with van der Waals surface area (Å²) in [6.07, 6.45) is 2.42. The molecule has 0 aliphatic carbocycles. The number of ether oxygens (including phenoxy) is 1. The normalized spacial score (nSPS) is 29.2. The molecule has 0 aromatic heterocycles. The molecule has 0 spiro atoms. The number of hydrogen-bond acceptors (Lipinski definition) is 4. The summed E-state index contributed by atoms with van der Waals surface area (Å²) in [6.45, 7) is 10.6. The number of aliphatic hydroxyl groups excluding tert-OH is 1. The van der Waals surface area contributed by atoms with E-state index in [9.17, 15) is 5.11 Å². The number of aliphatic hydroxyl groups is 1. The second-order valence-electron chi connectivity index (χ2n) is 6.01. The van der Waals surface area contributed by atoms with Crippen molar-refractivity contribution in [1.82, 2.24) is 10.2 Å². The molecule has 0 saturated carbocycles. The van der Waals surface area contributed by atoms with Crippen molar-refractivity contribution in [2.75, 3.05) is 39.9 Å². The first-order valence-corrected chi connectivity index (χ1v) is 7.15. The molecule has 1 aliphatic heterocycles. The Morgan fingerprint density at radius 3 is 2.78 bits per heavy atom. The lowest BCUT2D eigenvalue weighted by molar-refractivity contribution is -0.0873. The molecule has 1 saturated heterocycles. The number of hydrogen-bond donors (Lipinski definition) is 2. The maximum absolute atomic E-state index is 9.24. The quantitative estimate of drug-likeness (QED) is 0.717. The van der Waals surface area contributed by atoms with E-state index >= 15 is 0 Å². The molecule has 1 rings (SSSR count). The van der Waals surface area contributed by atoms with E-state index in [0.717, 1.165) is 26.2 Å². The number of morpholine rings is 1. The molecule has 2 N–H and O–H groups in total. The molecule has 4 heteroatoms. The van der Waals surface area contributed by atoms with Gasteiger partial charge in [0.1, 0.15) is 0 Å². The van der Waals surface area contributed by atoms with Gasteiger partial charge in [-0.3, -0.25) is 4.90 Å². The molecule has 1 aliphatic rings. The van der Waals surface area contributed by atoms with Gasteiger partial charge in [-0.2, -0.15) is 0 Å². The molecule has 108 valence electrons. The van der Waals surface area contributed by atoms with Crippen molar-refractivity contribution in [1.29, 1.82) is 0 Å². The Morgan fingerprint density at radius 2 is 2.22 bits per heavy atom. The van der Waals surface area contributed by atoms with E-state index in [2.05, 4.69) is 31.0 Å². The highest BCUT2D eigenvalue weighted by Crippen LogP contribution is 2.26. The van der Waals surface area contributed by atoms with Crippen molar-refractivity contribution in [3.8, 4) is 0 Å². The van der Waals surface area contributed by atoms with Crippen LogP contribution < -0.4 is 5.32 Å². The highest BCUT2D eigenvalue weighted by atomic mass is 16.5. The Labute approximate surface area is 112 Å². The topological polar surface area (TPSA) is 44.7 Å². The third-order valence-electron chi connectivity index (χ3n) is 3.88. The van der Waals surface area contributed by atoms with Gasteiger partial charge >= 0.3 is 0 Å². The van der Waals surface area contributed by atoms with E-state index in [-0.39, 0.29) is 12.7 Å². The summed E-state index contributed by atoms with van der Waals surface area (Å²) >= 11 is 0. The standard InChI is InChI=1S/C14H30N2O2/c1-5-6-14(3,10-15-4)11-16-7-13(8-17)18-9-12(16)2/h12-13,15,17H,5-11H2,1-4H3. The smallest absolute Gasteiger partial charge is 0.0933 e. The summed E-state index contributed by atoms with van der Waals surface area (Å²) in [5.74, 6) is 0. The largest absolute Gasteiger partial charge is 0.394 e. The fourth-order valence-corrected chi connectivity index (χ4v) is 2.95. The Kier molecular flexibility index (Phi) is 6.57. The molecule has 0 radical (unpaired) electrons. The first-order valence-electron chi connectivity index (χ1n) is 7.15. The van der Waals surface area contributed by atoms with Crippen LogP contribution in [-0.2, 0) is 4.74 Å². The second kappa shape index (κ2) is 7.43. The minimum absolute atomic E-state index is 0.0123. The summed E-state index contributed by atoms with van der Waals surface area (Å²) in [7, 11) is 2.02. The first-order chi connectivity index (χ1) is 8.54. The van der Waals surface area contributed by atoms with Gasteiger partial charge in [-0.05, 0) is 25.8 Å². The van der Waals surface area contributed by atoms with Crippen molar-refractivity contribution >= 4 is 0 Å². The SMILES string of the molecule is CCCC(C)(CNC)CN1CC(CO)OCC1C. The molecule has 0 amide bonds. The maximum Gasteiger partial charge on any atom is 0.0933 e. The van der Waals surface area contributed by atoms with Crippen LogP contribution in [0.5, 0.6) is 0 Å². The second-order valence-corrected chi connectivity index (χ2v) is 6.01. The molecule has 3 atom stereocenters. The lowest BCUT2D eigenvalue weighted by Gasteiger charge is -2.43. The third-order valence-corrected chi connectivity index (χ3v) is 3.88. The summed E-state index contributed by atoms with van der Waals surface area (Å²) < 4.78 is 5.60. The van der Waals surface area contributed by atoms with Crippen LogP contribution in [0.2, 0.25) is 0 Å². The third kappa shape index (κ3) is 4.50. The molecule has 3 unspecified atom stereocenters. The average Bonchev–Trinajstić information content (AvgIpc) is 2.32. The van der Waals surface area contributed by atoms with Crippen molar-refractivity contribution in [3.63, 3.8) is 0 Å². The highest BCUT2D eigenvalue weighted by molar-refractivity contribution is 4.85. The summed E-state index contributed by atoms with van der Waals surface area (Å²) in [5, 5.41) is 12.6. The van der Waals surface area contributed by atoms with E-state index in [1.54, 1.807) is 0 Å². The fraction of sp³-hybridized carbons (Fsp3) is 1.00. The van der Waals surface area contributed by atoms with E-state index in [1.807, 2.05) is 7.05 Å². The molecule has 18 heavy (non-hydrogen) atoms. The lowest BCUT2D eigenvalue weighted by Crippen LogP contribution is -2.53. The van der Waals surface area contributed by atoms with Crippen LogP contribution in [0.25, 0.3) is 0 Å². The molecule has 1 heterocycles. The van der Waals surface area contributed by atoms with E-state index < -0.39 is 0 Å². The Balaban J connectivity index is 2.60. The first kappa shape index (κ1) is 15.9. The molecule has 0 aromatic rings. The van der Waals surface area contributed by atoms with Gasteiger partial charge in [0.25, 0.3) is 0 Å². The molecule has 0 aromatic carbocycles. The molecule has 1 fully saturated rings. The lowest BCUT2D eigenvalue weighted by atomic mass is 9.84. The zero-order chi connectivity index (χ0) is 13.6. The van der Waals surface area contributed by atoms with Gasteiger partial charge in [-0.25, -0.2) is 0 Å². The maximum atomic E-state index is 9.24. The number of rotatable bonds is 7. The van der Waals surface area contributed by atoms with Crippen molar-refractivity contribution in [3.05, 3.63) is 0 Å². The van der Waals surface area contributed by atoms with Crippen LogP contribution in [0.1, 0.15) is 33.6 Å². The predicted molar refractivity (Wildman–Crippen MR) is 74.8 cm³/mol. The minimum Gasteiger partial charge on any atom is -0.394 e. The van der Waals surface area contributed by atoms with Crippen molar-refractivity contribution in [2.24, 2.45) is 5.41 Å². The molecular weight excluding hydrogens is 228 g/mol. The number of nitrogens with one attached hydrogen (secondary N) is 1. The fourth-order valence-electron chi connectivity index (χ4n) is 2.95. The van der Waals surface area contributed by atoms with Gasteiger partial charge in [0.15, 0.2) is 0 Å². The number of nitrogens with zero attached hydrogens (tertiary/aromatic N) is 1. The van der Waals surface area contributed by atoms with Crippen LogP contribution in [-0.4, -0.2) is 62.0 Å².